The summed E-state index contributed by atoms with van der Waals surface area (Å²) in [6.07, 6.45) is 1.28. The molecule has 0 unspecified atom stereocenters. The van der Waals surface area contributed by atoms with E-state index in [1.807, 2.05) is 0 Å². The zero-order valence-electron chi connectivity index (χ0n) is 8.73. The van der Waals surface area contributed by atoms with Crippen LogP contribution >= 0.6 is 22.9 Å². The molecule has 9 heteroatoms. The molecule has 0 bridgehead atoms. The van der Waals surface area contributed by atoms with Crippen molar-refractivity contribution in [1.29, 1.82) is 0 Å². The number of rotatable bonds is 3. The Bertz CT molecular complexity index is 646. The Hall–Kier alpha value is -1.67. The van der Waals surface area contributed by atoms with Crippen LogP contribution in [0.15, 0.2) is 15.8 Å². The highest BCUT2D eigenvalue weighted by Crippen LogP contribution is 2.14. The van der Waals surface area contributed by atoms with E-state index < -0.39 is 11.2 Å². The zero-order valence-corrected chi connectivity index (χ0v) is 10.3. The summed E-state index contributed by atoms with van der Waals surface area (Å²) < 4.78 is 1.27. The van der Waals surface area contributed by atoms with E-state index >= 15 is 0 Å². The average Bonchev–Trinajstić information content (AvgIpc) is 2.73. The molecule has 0 amide bonds. The molecule has 17 heavy (non-hydrogen) atoms. The molecule has 0 atom stereocenters. The van der Waals surface area contributed by atoms with Crippen LogP contribution in [-0.2, 0) is 6.54 Å². The Balaban J connectivity index is 2.33. The van der Waals surface area contributed by atoms with Crippen LogP contribution in [0.25, 0.3) is 0 Å². The number of nitrogens with one attached hydrogen (secondary N) is 2. The van der Waals surface area contributed by atoms with Crippen molar-refractivity contribution in [3.8, 4) is 0 Å². The summed E-state index contributed by atoms with van der Waals surface area (Å²) in [6.45, 7) is 0.217. The van der Waals surface area contributed by atoms with E-state index in [0.717, 1.165) is 0 Å². The lowest BCUT2D eigenvalue weighted by Crippen LogP contribution is -2.29. The minimum absolute atomic E-state index is 0.0389. The summed E-state index contributed by atoms with van der Waals surface area (Å²) in [4.78, 5) is 24.6. The molecule has 90 valence electrons. The lowest BCUT2D eigenvalue weighted by molar-refractivity contribution is 0.710. The molecule has 0 aromatic carbocycles. The molecule has 0 fully saturated rings. The zero-order chi connectivity index (χ0) is 12.4. The van der Waals surface area contributed by atoms with Gasteiger partial charge in [0, 0.05) is 13.2 Å². The van der Waals surface area contributed by atoms with Gasteiger partial charge < -0.3 is 5.32 Å². The molecule has 0 radical (unpaired) electrons. The second-order valence-electron chi connectivity index (χ2n) is 3.12. The number of aromatic amines is 1. The van der Waals surface area contributed by atoms with E-state index in [-0.39, 0.29) is 11.6 Å². The molecule has 0 spiro atoms. The molecule has 0 saturated carbocycles. The van der Waals surface area contributed by atoms with Crippen molar-refractivity contribution in [3.63, 3.8) is 0 Å². The van der Waals surface area contributed by atoms with E-state index in [1.54, 1.807) is 7.05 Å². The Morgan fingerprint density at radius 3 is 2.94 bits per heavy atom. The van der Waals surface area contributed by atoms with E-state index in [9.17, 15) is 9.59 Å². The van der Waals surface area contributed by atoms with Crippen LogP contribution < -0.4 is 16.6 Å². The van der Waals surface area contributed by atoms with Gasteiger partial charge in [-0.15, -0.1) is 10.2 Å². The van der Waals surface area contributed by atoms with Crippen molar-refractivity contribution in [2.24, 2.45) is 0 Å². The summed E-state index contributed by atoms with van der Waals surface area (Å²) in [5, 5.41) is 11.8. The second kappa shape index (κ2) is 4.68. The highest BCUT2D eigenvalue weighted by Gasteiger charge is 2.07. The first-order valence-corrected chi connectivity index (χ1v) is 5.79. The molecular weight excluding hydrogens is 266 g/mol. The van der Waals surface area contributed by atoms with Gasteiger partial charge in [-0.1, -0.05) is 22.9 Å². The SMILES string of the molecule is CNc1nnc(Cn2cc(Cl)c(=O)[nH]c2=O)s1. The van der Waals surface area contributed by atoms with Crippen molar-refractivity contribution >= 4 is 28.1 Å². The Morgan fingerprint density at radius 2 is 2.29 bits per heavy atom. The number of hydrogen-bond acceptors (Lipinski definition) is 6. The van der Waals surface area contributed by atoms with Crippen LogP contribution in [-0.4, -0.2) is 26.8 Å². The molecule has 2 rings (SSSR count). The fraction of sp³-hybridized carbons (Fsp3) is 0.250. The Kier molecular flexibility index (Phi) is 3.25. The van der Waals surface area contributed by atoms with Crippen LogP contribution in [0.1, 0.15) is 5.01 Å². The highest BCUT2D eigenvalue weighted by atomic mass is 35.5. The first-order chi connectivity index (χ1) is 8.10. The number of nitrogens with zero attached hydrogens (tertiary/aromatic N) is 3. The van der Waals surface area contributed by atoms with Crippen LogP contribution in [0.2, 0.25) is 5.02 Å². The smallest absolute Gasteiger partial charge is 0.328 e. The molecule has 2 heterocycles. The maximum absolute atomic E-state index is 11.5. The van der Waals surface area contributed by atoms with E-state index in [4.69, 9.17) is 11.6 Å². The first kappa shape index (κ1) is 11.8. The summed E-state index contributed by atoms with van der Waals surface area (Å²) in [6, 6.07) is 0. The quantitative estimate of drug-likeness (QED) is 0.829. The molecule has 0 aliphatic heterocycles. The monoisotopic (exact) mass is 273 g/mol. The van der Waals surface area contributed by atoms with Gasteiger partial charge in [0.2, 0.25) is 5.13 Å². The number of anilines is 1. The van der Waals surface area contributed by atoms with Gasteiger partial charge in [0.1, 0.15) is 10.0 Å². The van der Waals surface area contributed by atoms with Gasteiger partial charge in [-0.2, -0.15) is 0 Å². The van der Waals surface area contributed by atoms with Gasteiger partial charge in [0.25, 0.3) is 5.56 Å². The maximum atomic E-state index is 11.5. The van der Waals surface area contributed by atoms with Gasteiger partial charge >= 0.3 is 5.69 Å². The van der Waals surface area contributed by atoms with Crippen molar-refractivity contribution in [2.75, 3.05) is 12.4 Å². The predicted molar refractivity (Wildman–Crippen MR) is 64.9 cm³/mol. The Morgan fingerprint density at radius 1 is 1.53 bits per heavy atom. The van der Waals surface area contributed by atoms with Crippen molar-refractivity contribution in [2.45, 2.75) is 6.54 Å². The van der Waals surface area contributed by atoms with Crippen LogP contribution in [0.3, 0.4) is 0 Å². The van der Waals surface area contributed by atoms with E-state index in [2.05, 4.69) is 20.5 Å². The third kappa shape index (κ3) is 2.53. The van der Waals surface area contributed by atoms with Gasteiger partial charge in [0.15, 0.2) is 0 Å². The van der Waals surface area contributed by atoms with Gasteiger partial charge in [-0.25, -0.2) is 4.79 Å². The van der Waals surface area contributed by atoms with Crippen LogP contribution in [0.4, 0.5) is 5.13 Å². The minimum Gasteiger partial charge on any atom is -0.363 e. The maximum Gasteiger partial charge on any atom is 0.328 e. The number of aromatic nitrogens is 4. The summed E-state index contributed by atoms with van der Waals surface area (Å²) in [5.74, 6) is 0. The molecule has 2 N–H and O–H groups in total. The standard InChI is InChI=1S/C8H8ClN5O2S/c1-10-7-13-12-5(17-7)3-14-2-4(9)6(15)11-8(14)16/h2H,3H2,1H3,(H,10,13)(H,11,15,16). The molecule has 2 aromatic heterocycles. The topological polar surface area (TPSA) is 92.7 Å². The third-order valence-electron chi connectivity index (χ3n) is 1.95. The normalized spacial score (nSPS) is 10.5. The minimum atomic E-state index is -0.596. The number of halogens is 1. The van der Waals surface area contributed by atoms with Crippen LogP contribution in [0.5, 0.6) is 0 Å². The second-order valence-corrected chi connectivity index (χ2v) is 4.58. The molecule has 2 aromatic rings. The number of H-pyrrole nitrogens is 1. The van der Waals surface area contributed by atoms with Crippen LogP contribution in [0, 0.1) is 0 Å². The summed E-state index contributed by atoms with van der Waals surface area (Å²) in [5.41, 5.74) is -1.12. The average molecular weight is 274 g/mol. The first-order valence-electron chi connectivity index (χ1n) is 4.59. The molecular formula is C8H8ClN5O2S. The fourth-order valence-corrected chi connectivity index (χ4v) is 2.02. The Labute approximate surface area is 104 Å². The highest BCUT2D eigenvalue weighted by molar-refractivity contribution is 7.15. The van der Waals surface area contributed by atoms with Crippen molar-refractivity contribution < 1.29 is 0 Å². The molecule has 7 nitrogen and oxygen atoms in total. The lowest BCUT2D eigenvalue weighted by atomic mass is 10.6. The summed E-state index contributed by atoms with van der Waals surface area (Å²) in [7, 11) is 1.73. The van der Waals surface area contributed by atoms with Gasteiger partial charge in [0.05, 0.1) is 6.54 Å². The largest absolute Gasteiger partial charge is 0.363 e. The molecule has 0 aliphatic rings. The number of hydrogen-bond donors (Lipinski definition) is 2. The van der Waals surface area contributed by atoms with Gasteiger partial charge in [-0.3, -0.25) is 14.3 Å². The summed E-state index contributed by atoms with van der Waals surface area (Å²) >= 11 is 6.95. The predicted octanol–water partition coefficient (Wildman–Crippen LogP) is 0.132. The van der Waals surface area contributed by atoms with Gasteiger partial charge in [-0.05, 0) is 0 Å². The molecule has 0 aliphatic carbocycles. The lowest BCUT2D eigenvalue weighted by Gasteiger charge is -2.01. The van der Waals surface area contributed by atoms with E-state index in [0.29, 0.717) is 10.1 Å². The van der Waals surface area contributed by atoms with Crippen molar-refractivity contribution in [1.82, 2.24) is 19.7 Å². The molecule has 0 saturated heterocycles. The van der Waals surface area contributed by atoms with Crippen molar-refractivity contribution in [3.05, 3.63) is 37.1 Å². The van der Waals surface area contributed by atoms with E-state index in [1.165, 1.54) is 22.1 Å². The third-order valence-corrected chi connectivity index (χ3v) is 3.15. The fourth-order valence-electron chi connectivity index (χ4n) is 1.16.